The Hall–Kier alpha value is -3.89. The summed E-state index contributed by atoms with van der Waals surface area (Å²) < 4.78 is 9.90. The number of unbranched alkanes of at least 4 members (excludes halogenated alkanes) is 11. The number of carbonyl (C=O) groups is 1. The van der Waals surface area contributed by atoms with E-state index in [1.807, 2.05) is 12.2 Å². The van der Waals surface area contributed by atoms with Gasteiger partial charge in [0.05, 0.1) is 6.61 Å². The van der Waals surface area contributed by atoms with Gasteiger partial charge in [-0.15, -0.1) is 0 Å². The molecule has 306 valence electrons. The molecule has 0 saturated carbocycles. The van der Waals surface area contributed by atoms with Crippen LogP contribution < -0.4 is 5.32 Å². The number of alkyl carbamates (subject to hydrolysis) is 1. The van der Waals surface area contributed by atoms with Crippen molar-refractivity contribution in [3.63, 3.8) is 0 Å². The molecule has 0 saturated heterocycles. The van der Waals surface area contributed by atoms with Crippen LogP contribution in [0.1, 0.15) is 141 Å². The van der Waals surface area contributed by atoms with Gasteiger partial charge in [0.25, 0.3) is 0 Å². The molecule has 1 amide bonds. The Kier molecular flexibility index (Phi) is 44.7. The first-order valence-electron chi connectivity index (χ1n) is 21.4. The maximum atomic E-state index is 10.9. The third-order valence-corrected chi connectivity index (χ3v) is 8.28. The number of hydrogen-bond donors (Lipinski definition) is 1. The minimum absolute atomic E-state index is 0.326. The van der Waals surface area contributed by atoms with Crippen LogP contribution in [0.3, 0.4) is 0 Å². The number of allylic oxidation sites excluding steroid dienone is 22. The van der Waals surface area contributed by atoms with Gasteiger partial charge in [0.2, 0.25) is 0 Å². The molecule has 4 nitrogen and oxygen atoms in total. The van der Waals surface area contributed by atoms with Gasteiger partial charge in [0, 0.05) is 14.2 Å². The van der Waals surface area contributed by atoms with Crippen LogP contribution in [0.4, 0.5) is 4.79 Å². The molecule has 4 heteroatoms. The Bertz CT molecular complexity index is 1190. The van der Waals surface area contributed by atoms with Gasteiger partial charge in [-0.1, -0.05) is 146 Å². The van der Waals surface area contributed by atoms with Gasteiger partial charge in [-0.25, -0.2) is 4.79 Å². The second-order valence-electron chi connectivity index (χ2n) is 13.3. The van der Waals surface area contributed by atoms with Crippen LogP contribution in [0.15, 0.2) is 146 Å². The maximum Gasteiger partial charge on any atom is 0.407 e. The second kappa shape index (κ2) is 48.1. The molecule has 0 aliphatic rings. The molecular weight excluding hydrogens is 675 g/mol. The topological polar surface area (TPSA) is 47.6 Å². The first kappa shape index (κ1) is 51.1. The summed E-state index contributed by atoms with van der Waals surface area (Å²) in [4.78, 5) is 10.9. The number of methoxy groups -OCH3 is 1. The number of hydrogen-bond acceptors (Lipinski definition) is 3. The van der Waals surface area contributed by atoms with Crippen molar-refractivity contribution in [2.24, 2.45) is 0 Å². The predicted octanol–water partition coefficient (Wildman–Crippen LogP) is 15.2. The minimum Gasteiger partial charge on any atom is -0.445 e. The molecule has 0 unspecified atom stereocenters. The van der Waals surface area contributed by atoms with E-state index in [1.54, 1.807) is 14.2 Å². The molecule has 0 aromatic carbocycles. The van der Waals surface area contributed by atoms with E-state index in [9.17, 15) is 4.79 Å². The van der Waals surface area contributed by atoms with Crippen molar-refractivity contribution in [3.05, 3.63) is 146 Å². The highest BCUT2D eigenvalue weighted by Crippen LogP contribution is 2.05. The Morgan fingerprint density at radius 1 is 0.309 bits per heavy atom. The van der Waals surface area contributed by atoms with E-state index < -0.39 is 6.09 Å². The lowest BCUT2D eigenvalue weighted by atomic mass is 10.2. The quantitative estimate of drug-likeness (QED) is 0.0508. The van der Waals surface area contributed by atoms with E-state index in [0.717, 1.165) is 141 Å². The molecule has 0 radical (unpaired) electrons. The van der Waals surface area contributed by atoms with Gasteiger partial charge in [0.1, 0.15) is 6.61 Å². The number of ether oxygens (including phenoxy) is 2. The van der Waals surface area contributed by atoms with Crippen LogP contribution in [0.5, 0.6) is 0 Å². The monoisotopic (exact) mass is 754 g/mol. The highest BCUT2D eigenvalue weighted by atomic mass is 16.5. The van der Waals surface area contributed by atoms with Crippen LogP contribution in [0.2, 0.25) is 0 Å². The first-order valence-corrected chi connectivity index (χ1v) is 21.4. The zero-order valence-corrected chi connectivity index (χ0v) is 35.1. The number of rotatable bonds is 37. The molecule has 0 atom stereocenters. The molecule has 0 spiro atoms. The molecule has 0 aliphatic heterocycles. The summed E-state index contributed by atoms with van der Waals surface area (Å²) in [6, 6.07) is 0. The van der Waals surface area contributed by atoms with Crippen LogP contribution in [0, 0.1) is 0 Å². The smallest absolute Gasteiger partial charge is 0.407 e. The molecule has 0 fully saturated rings. The predicted molar refractivity (Wildman–Crippen MR) is 244 cm³/mol. The molecule has 0 aromatic rings. The first-order chi connectivity index (χ1) is 27.3. The molecule has 55 heavy (non-hydrogen) atoms. The molecular formula is C51H79NO3. The SMILES string of the molecule is CNC(=O)OCC=CCCC=CCCC=CCCC=CCCC=CCCC=CCCC=CCCC=CCCC=CCCC=CCCC=CCCC=CCOC. The molecule has 0 bridgehead atoms. The minimum atomic E-state index is -0.393. The largest absolute Gasteiger partial charge is 0.445 e. The molecule has 1 N–H and O–H groups in total. The normalized spacial score (nSPS) is 13.2. The Balaban J connectivity index is 3.49. The lowest BCUT2D eigenvalue weighted by Crippen LogP contribution is -2.18. The lowest BCUT2D eigenvalue weighted by molar-refractivity contribution is 0.160. The fourth-order valence-electron chi connectivity index (χ4n) is 5.14. The maximum absolute atomic E-state index is 10.9. The van der Waals surface area contributed by atoms with Crippen LogP contribution in [-0.2, 0) is 9.47 Å². The molecule has 0 aromatic heterocycles. The lowest BCUT2D eigenvalue weighted by Gasteiger charge is -1.98. The summed E-state index contributed by atoms with van der Waals surface area (Å²) >= 11 is 0. The standard InChI is InChI=1S/C51H79NO3/c1-52-51(53)55-50-48-46-44-42-40-38-36-34-32-30-28-26-24-22-20-18-16-14-12-10-8-6-4-3-5-7-9-11-13-15-17-19-21-23-25-27-29-31-33-35-37-39-41-43-45-47-49-54-2/h5-8,13-16,21-24,29-32,37-40,45-48H,3-4,9-12,17-20,25-28,33-36,41-44,49-50H2,1-2H3,(H,52,53). The molecule has 0 heterocycles. The van der Waals surface area contributed by atoms with Crippen LogP contribution >= 0.6 is 0 Å². The summed E-state index contributed by atoms with van der Waals surface area (Å²) in [5.41, 5.74) is 0. The van der Waals surface area contributed by atoms with Crippen LogP contribution in [0.25, 0.3) is 0 Å². The number of carbonyl (C=O) groups excluding carboxylic acids is 1. The van der Waals surface area contributed by atoms with Gasteiger partial charge in [0.15, 0.2) is 0 Å². The number of amides is 1. The van der Waals surface area contributed by atoms with E-state index in [1.165, 1.54) is 0 Å². The van der Waals surface area contributed by atoms with Crippen molar-refractivity contribution < 1.29 is 14.3 Å². The van der Waals surface area contributed by atoms with Crippen molar-refractivity contribution in [2.45, 2.75) is 141 Å². The highest BCUT2D eigenvalue weighted by molar-refractivity contribution is 5.66. The summed E-state index contributed by atoms with van der Waals surface area (Å²) in [5, 5.41) is 2.42. The Morgan fingerprint density at radius 2 is 0.473 bits per heavy atom. The molecule has 0 aliphatic carbocycles. The number of nitrogens with one attached hydrogen (secondary N) is 1. The van der Waals surface area contributed by atoms with Crippen molar-refractivity contribution in [1.29, 1.82) is 0 Å². The zero-order chi connectivity index (χ0) is 39.6. The average molecular weight is 754 g/mol. The van der Waals surface area contributed by atoms with Crippen molar-refractivity contribution in [1.82, 2.24) is 5.32 Å². The fraction of sp³-hybridized carbons (Fsp3) is 0.510. The van der Waals surface area contributed by atoms with Gasteiger partial charge in [-0.05, 0) is 141 Å². The third kappa shape index (κ3) is 48.1. The Labute approximate surface area is 339 Å². The summed E-state index contributed by atoms with van der Waals surface area (Å²) in [7, 11) is 3.28. The van der Waals surface area contributed by atoms with Crippen LogP contribution in [-0.4, -0.2) is 33.5 Å². The third-order valence-electron chi connectivity index (χ3n) is 8.28. The van der Waals surface area contributed by atoms with Crippen molar-refractivity contribution >= 4 is 6.09 Å². The van der Waals surface area contributed by atoms with E-state index in [4.69, 9.17) is 9.47 Å². The summed E-state index contributed by atoms with van der Waals surface area (Å²) in [6.45, 7) is 1.04. The zero-order valence-electron chi connectivity index (χ0n) is 35.1. The second-order valence-corrected chi connectivity index (χ2v) is 13.3. The van der Waals surface area contributed by atoms with E-state index in [-0.39, 0.29) is 0 Å². The van der Waals surface area contributed by atoms with Crippen molar-refractivity contribution in [3.8, 4) is 0 Å². The van der Waals surface area contributed by atoms with Crippen molar-refractivity contribution in [2.75, 3.05) is 27.4 Å². The summed E-state index contributed by atoms with van der Waals surface area (Å²) in [6.07, 6.45) is 78.6. The van der Waals surface area contributed by atoms with Gasteiger partial charge in [-0.3, -0.25) is 0 Å². The van der Waals surface area contributed by atoms with Gasteiger partial charge >= 0.3 is 6.09 Å². The highest BCUT2D eigenvalue weighted by Gasteiger charge is 1.92. The van der Waals surface area contributed by atoms with Gasteiger partial charge in [-0.2, -0.15) is 0 Å². The summed E-state index contributed by atoms with van der Waals surface area (Å²) in [5.74, 6) is 0. The van der Waals surface area contributed by atoms with E-state index in [0.29, 0.717) is 13.2 Å². The average Bonchev–Trinajstić information content (AvgIpc) is 3.20. The van der Waals surface area contributed by atoms with E-state index >= 15 is 0 Å². The van der Waals surface area contributed by atoms with E-state index in [2.05, 4.69) is 139 Å². The Morgan fingerprint density at radius 3 is 0.636 bits per heavy atom. The van der Waals surface area contributed by atoms with Gasteiger partial charge < -0.3 is 14.8 Å². The fourth-order valence-corrected chi connectivity index (χ4v) is 5.14. The molecule has 0 rings (SSSR count).